The second kappa shape index (κ2) is 6.35. The molecule has 1 fully saturated rings. The third-order valence-corrected chi connectivity index (χ3v) is 5.13. The molecule has 1 aliphatic rings. The average molecular weight is 292 g/mol. The van der Waals surface area contributed by atoms with Gasteiger partial charge in [0.25, 0.3) is 0 Å². The van der Waals surface area contributed by atoms with Crippen LogP contribution < -0.4 is 10.2 Å². The molecule has 1 N–H and O–H groups in total. The molecule has 21 heavy (non-hydrogen) atoms. The molecule has 1 aromatic carbocycles. The fourth-order valence-electron chi connectivity index (χ4n) is 3.36. The zero-order valence-corrected chi connectivity index (χ0v) is 14.0. The Kier molecular flexibility index (Phi) is 4.92. The van der Waals surface area contributed by atoms with Gasteiger partial charge in [0.05, 0.1) is 5.69 Å². The maximum absolute atomic E-state index is 14.4. The lowest BCUT2D eigenvalue weighted by atomic mass is 9.75. The smallest absolute Gasteiger partial charge is 0.146 e. The minimum absolute atomic E-state index is 0.109. The molecule has 0 heterocycles. The van der Waals surface area contributed by atoms with E-state index in [1.54, 1.807) is 12.1 Å². The Morgan fingerprint density at radius 3 is 2.48 bits per heavy atom. The van der Waals surface area contributed by atoms with E-state index in [1.807, 2.05) is 20.2 Å². The highest BCUT2D eigenvalue weighted by Gasteiger charge is 2.30. The van der Waals surface area contributed by atoms with Crippen molar-refractivity contribution >= 4 is 5.69 Å². The summed E-state index contributed by atoms with van der Waals surface area (Å²) in [6.07, 6.45) is 4.72. The van der Waals surface area contributed by atoms with Crippen LogP contribution in [0.15, 0.2) is 18.2 Å². The van der Waals surface area contributed by atoms with E-state index in [9.17, 15) is 4.39 Å². The van der Waals surface area contributed by atoms with Gasteiger partial charge in [-0.05, 0) is 56.7 Å². The van der Waals surface area contributed by atoms with Crippen molar-refractivity contribution in [2.45, 2.75) is 58.5 Å². The molecule has 0 saturated heterocycles. The molecule has 0 aromatic heterocycles. The van der Waals surface area contributed by atoms with Crippen molar-refractivity contribution in [3.8, 4) is 0 Å². The summed E-state index contributed by atoms with van der Waals surface area (Å²) in [6.45, 7) is 6.75. The number of nitrogens with zero attached hydrogens (tertiary/aromatic N) is 1. The van der Waals surface area contributed by atoms with Crippen LogP contribution in [0.3, 0.4) is 0 Å². The van der Waals surface area contributed by atoms with Crippen molar-refractivity contribution in [1.29, 1.82) is 0 Å². The monoisotopic (exact) mass is 292 g/mol. The van der Waals surface area contributed by atoms with Crippen molar-refractivity contribution in [2.75, 3.05) is 19.0 Å². The van der Waals surface area contributed by atoms with Crippen molar-refractivity contribution in [3.05, 3.63) is 29.6 Å². The minimum Gasteiger partial charge on any atom is -0.369 e. The van der Waals surface area contributed by atoms with Crippen LogP contribution in [0.2, 0.25) is 0 Å². The van der Waals surface area contributed by atoms with E-state index in [0.717, 1.165) is 24.1 Å². The number of benzene rings is 1. The Bertz CT molecular complexity index is 474. The fraction of sp³-hybridized carbons (Fsp3) is 0.667. The molecule has 0 amide bonds. The predicted molar refractivity (Wildman–Crippen MR) is 88.3 cm³/mol. The summed E-state index contributed by atoms with van der Waals surface area (Å²) in [5, 5.41) is 3.23. The first-order chi connectivity index (χ1) is 9.85. The van der Waals surface area contributed by atoms with Gasteiger partial charge in [-0.3, -0.25) is 0 Å². The number of halogens is 1. The molecule has 0 spiro atoms. The Balaban J connectivity index is 2.25. The third kappa shape index (κ3) is 3.57. The van der Waals surface area contributed by atoms with Gasteiger partial charge in [-0.1, -0.05) is 26.0 Å². The highest BCUT2D eigenvalue weighted by atomic mass is 19.1. The van der Waals surface area contributed by atoms with Crippen molar-refractivity contribution < 1.29 is 4.39 Å². The van der Waals surface area contributed by atoms with Crippen molar-refractivity contribution in [1.82, 2.24) is 5.32 Å². The average Bonchev–Trinajstić information content (AvgIpc) is 2.45. The van der Waals surface area contributed by atoms with Crippen molar-refractivity contribution in [3.63, 3.8) is 0 Å². The normalized spacial score (nSPS) is 20.3. The molecule has 0 radical (unpaired) electrons. The van der Waals surface area contributed by atoms with Gasteiger partial charge in [-0.15, -0.1) is 0 Å². The van der Waals surface area contributed by atoms with Crippen LogP contribution in [0.5, 0.6) is 0 Å². The van der Waals surface area contributed by atoms with Gasteiger partial charge in [0.15, 0.2) is 0 Å². The van der Waals surface area contributed by atoms with E-state index in [0.29, 0.717) is 11.5 Å². The van der Waals surface area contributed by atoms with Crippen LogP contribution in [0.4, 0.5) is 10.1 Å². The Morgan fingerprint density at radius 2 is 1.90 bits per heavy atom. The summed E-state index contributed by atoms with van der Waals surface area (Å²) in [6, 6.07) is 6.00. The number of anilines is 1. The van der Waals surface area contributed by atoms with Crippen LogP contribution in [0.25, 0.3) is 0 Å². The summed E-state index contributed by atoms with van der Waals surface area (Å²) in [5.41, 5.74) is 2.25. The van der Waals surface area contributed by atoms with Crippen LogP contribution in [-0.4, -0.2) is 20.1 Å². The highest BCUT2D eigenvalue weighted by Crippen LogP contribution is 2.39. The number of hydrogen-bond acceptors (Lipinski definition) is 2. The first-order valence-corrected chi connectivity index (χ1v) is 8.04. The molecule has 118 valence electrons. The van der Waals surface area contributed by atoms with Gasteiger partial charge < -0.3 is 10.2 Å². The molecule has 0 bridgehead atoms. The van der Waals surface area contributed by atoms with Gasteiger partial charge in [-0.25, -0.2) is 4.39 Å². The molecule has 1 unspecified atom stereocenters. The third-order valence-electron chi connectivity index (χ3n) is 5.13. The predicted octanol–water partition coefficient (Wildman–Crippen LogP) is 4.51. The lowest BCUT2D eigenvalue weighted by Gasteiger charge is -2.40. The maximum atomic E-state index is 14.4. The lowest BCUT2D eigenvalue weighted by Crippen LogP contribution is -2.38. The largest absolute Gasteiger partial charge is 0.369 e. The molecule has 1 saturated carbocycles. The molecule has 1 aliphatic carbocycles. The lowest BCUT2D eigenvalue weighted by molar-refractivity contribution is 0.222. The second-order valence-corrected chi connectivity index (χ2v) is 7.19. The number of rotatable bonds is 4. The topological polar surface area (TPSA) is 15.3 Å². The Morgan fingerprint density at radius 1 is 1.29 bits per heavy atom. The second-order valence-electron chi connectivity index (χ2n) is 7.19. The van der Waals surface area contributed by atoms with E-state index in [-0.39, 0.29) is 11.9 Å². The Labute approximate surface area is 128 Å². The summed E-state index contributed by atoms with van der Waals surface area (Å²) < 4.78 is 14.4. The summed E-state index contributed by atoms with van der Waals surface area (Å²) in [4.78, 5) is 2.17. The summed E-state index contributed by atoms with van der Waals surface area (Å²) in [5.74, 6) is -0.109. The van der Waals surface area contributed by atoms with E-state index in [4.69, 9.17) is 0 Å². The van der Waals surface area contributed by atoms with E-state index in [2.05, 4.69) is 31.0 Å². The van der Waals surface area contributed by atoms with Crippen LogP contribution in [-0.2, 0) is 0 Å². The SMILES string of the molecule is CNC(C)c1cccc(F)c1N(C)C1CCC(C)(C)CC1. The fourth-order valence-corrected chi connectivity index (χ4v) is 3.36. The zero-order chi connectivity index (χ0) is 15.6. The van der Waals surface area contributed by atoms with Crippen LogP contribution in [0.1, 0.15) is 58.1 Å². The number of para-hydroxylation sites is 1. The first kappa shape index (κ1) is 16.3. The standard InChI is InChI=1S/C18H29FN2/c1-13(20-4)15-7-6-8-16(19)17(15)21(5)14-9-11-18(2,3)12-10-14/h6-8,13-14,20H,9-12H2,1-5H3. The minimum atomic E-state index is -0.109. The van der Waals surface area contributed by atoms with Gasteiger partial charge >= 0.3 is 0 Å². The quantitative estimate of drug-likeness (QED) is 0.878. The van der Waals surface area contributed by atoms with Crippen LogP contribution >= 0.6 is 0 Å². The molecule has 0 aliphatic heterocycles. The summed E-state index contributed by atoms with van der Waals surface area (Å²) in [7, 11) is 3.97. The number of hydrogen-bond donors (Lipinski definition) is 1. The molecular weight excluding hydrogens is 263 g/mol. The summed E-state index contributed by atoms with van der Waals surface area (Å²) >= 11 is 0. The molecular formula is C18H29FN2. The molecule has 2 nitrogen and oxygen atoms in total. The molecule has 2 rings (SSSR count). The van der Waals surface area contributed by atoms with E-state index >= 15 is 0 Å². The van der Waals surface area contributed by atoms with E-state index in [1.165, 1.54) is 12.8 Å². The van der Waals surface area contributed by atoms with E-state index < -0.39 is 0 Å². The van der Waals surface area contributed by atoms with Gasteiger partial charge in [0, 0.05) is 19.1 Å². The Hall–Kier alpha value is -1.09. The molecule has 3 heteroatoms. The van der Waals surface area contributed by atoms with Gasteiger partial charge in [-0.2, -0.15) is 0 Å². The van der Waals surface area contributed by atoms with Crippen molar-refractivity contribution in [2.24, 2.45) is 5.41 Å². The van der Waals surface area contributed by atoms with Gasteiger partial charge in [0.2, 0.25) is 0 Å². The maximum Gasteiger partial charge on any atom is 0.146 e. The highest BCUT2D eigenvalue weighted by molar-refractivity contribution is 5.56. The molecule has 1 atom stereocenters. The zero-order valence-electron chi connectivity index (χ0n) is 14.0. The molecule has 1 aromatic rings. The first-order valence-electron chi connectivity index (χ1n) is 8.04. The van der Waals surface area contributed by atoms with Gasteiger partial charge in [0.1, 0.15) is 5.82 Å². The van der Waals surface area contributed by atoms with Crippen LogP contribution in [0, 0.1) is 11.2 Å². The number of nitrogens with one attached hydrogen (secondary N) is 1.